The zero-order valence-corrected chi connectivity index (χ0v) is 25.1. The molecule has 3 rings (SSSR count). The Morgan fingerprint density at radius 3 is 2.23 bits per heavy atom. The van der Waals surface area contributed by atoms with Crippen molar-refractivity contribution in [3.8, 4) is 5.75 Å². The van der Waals surface area contributed by atoms with Gasteiger partial charge in [-0.25, -0.2) is 8.42 Å². The molecule has 9 heteroatoms. The van der Waals surface area contributed by atoms with Crippen molar-refractivity contribution >= 4 is 15.9 Å². The fourth-order valence-corrected chi connectivity index (χ4v) is 7.14. The van der Waals surface area contributed by atoms with Crippen LogP contribution in [0.2, 0.25) is 0 Å². The van der Waals surface area contributed by atoms with Crippen LogP contribution in [0.25, 0.3) is 0 Å². The minimum Gasteiger partial charge on any atom is -0.497 e. The van der Waals surface area contributed by atoms with E-state index in [1.807, 2.05) is 6.07 Å². The van der Waals surface area contributed by atoms with Gasteiger partial charge in [-0.3, -0.25) is 4.79 Å². The predicted octanol–water partition coefficient (Wildman–Crippen LogP) is 3.94. The maximum Gasteiger partial charge on any atom is 0.246 e. The summed E-state index contributed by atoms with van der Waals surface area (Å²) in [6.45, 7) is 3.71. The highest BCUT2D eigenvalue weighted by atomic mass is 32.2. The molecule has 1 amide bonds. The first-order valence-electron chi connectivity index (χ1n) is 13.7. The molecule has 0 saturated heterocycles. The SMILES string of the molecule is COc1cc(C)c(S(=O)(=O)N(C)CCOCC(=O)NC2CCC(CCc3ccccc3)(N(C)C)CC2)c(C)c1. The van der Waals surface area contributed by atoms with E-state index in [1.54, 1.807) is 33.1 Å². The lowest BCUT2D eigenvalue weighted by Gasteiger charge is -2.45. The standard InChI is InChI=1S/C30H45N3O5S/c1-23-20-27(37-6)21-24(2)29(23)39(35,36)33(5)18-19-38-22-28(34)31-26-13-16-30(17-14-26,32(3)4)15-12-25-10-8-7-9-11-25/h7-11,20-21,26H,12-19,22H2,1-6H3,(H,31,34). The Bertz CT molecular complexity index is 1170. The summed E-state index contributed by atoms with van der Waals surface area (Å²) in [5.41, 5.74) is 2.76. The number of methoxy groups -OCH3 is 1. The van der Waals surface area contributed by atoms with Crippen molar-refractivity contribution in [2.75, 3.05) is 48.0 Å². The molecule has 1 aliphatic rings. The molecule has 39 heavy (non-hydrogen) atoms. The molecular weight excluding hydrogens is 514 g/mol. The highest BCUT2D eigenvalue weighted by Crippen LogP contribution is 2.36. The average molecular weight is 560 g/mol. The smallest absolute Gasteiger partial charge is 0.246 e. The van der Waals surface area contributed by atoms with Crippen LogP contribution in [0.4, 0.5) is 0 Å². The van der Waals surface area contributed by atoms with Crippen LogP contribution < -0.4 is 10.1 Å². The van der Waals surface area contributed by atoms with Crippen molar-refractivity contribution in [3.05, 3.63) is 59.2 Å². The van der Waals surface area contributed by atoms with Gasteiger partial charge in [0.25, 0.3) is 0 Å². The first kappa shape index (κ1) is 31.1. The third-order valence-electron chi connectivity index (χ3n) is 8.07. The third kappa shape index (κ3) is 8.03. The molecular formula is C30H45N3O5S. The first-order valence-corrected chi connectivity index (χ1v) is 15.1. The van der Waals surface area contributed by atoms with E-state index in [-0.39, 0.29) is 42.1 Å². The average Bonchev–Trinajstić information content (AvgIpc) is 2.90. The second-order valence-corrected chi connectivity index (χ2v) is 12.9. The number of benzene rings is 2. The second kappa shape index (κ2) is 13.7. The zero-order valence-electron chi connectivity index (χ0n) is 24.3. The van der Waals surface area contributed by atoms with Crippen LogP contribution in [0.1, 0.15) is 48.8 Å². The van der Waals surface area contributed by atoms with E-state index in [2.05, 4.69) is 48.6 Å². The van der Waals surface area contributed by atoms with Gasteiger partial charge in [0.2, 0.25) is 15.9 Å². The van der Waals surface area contributed by atoms with Crippen LogP contribution in [-0.2, 0) is 26.0 Å². The van der Waals surface area contributed by atoms with Crippen molar-refractivity contribution in [2.45, 2.75) is 68.8 Å². The topological polar surface area (TPSA) is 88.2 Å². The number of amides is 1. The fourth-order valence-electron chi connectivity index (χ4n) is 5.58. The lowest BCUT2D eigenvalue weighted by atomic mass is 9.75. The van der Waals surface area contributed by atoms with Crippen LogP contribution >= 0.6 is 0 Å². The van der Waals surface area contributed by atoms with Crippen LogP contribution in [0.15, 0.2) is 47.4 Å². The van der Waals surface area contributed by atoms with Crippen molar-refractivity contribution in [1.82, 2.24) is 14.5 Å². The number of nitrogens with zero attached hydrogens (tertiary/aromatic N) is 2. The monoisotopic (exact) mass is 559 g/mol. The van der Waals surface area contributed by atoms with Gasteiger partial charge in [0.15, 0.2) is 0 Å². The summed E-state index contributed by atoms with van der Waals surface area (Å²) in [7, 11) is 3.70. The van der Waals surface area contributed by atoms with Gasteiger partial charge in [-0.2, -0.15) is 4.31 Å². The third-order valence-corrected chi connectivity index (χ3v) is 10.2. The minimum absolute atomic E-state index is 0.0855. The lowest BCUT2D eigenvalue weighted by molar-refractivity contribution is -0.126. The molecule has 8 nitrogen and oxygen atoms in total. The van der Waals surface area contributed by atoms with E-state index in [0.29, 0.717) is 16.9 Å². The Balaban J connectivity index is 1.42. The quantitative estimate of drug-likeness (QED) is 0.374. The molecule has 216 valence electrons. The number of hydrogen-bond acceptors (Lipinski definition) is 6. The highest BCUT2D eigenvalue weighted by molar-refractivity contribution is 7.89. The number of carbonyl (C=O) groups is 1. The number of likely N-dealkylation sites (N-methyl/N-ethyl adjacent to an activating group) is 1. The van der Waals surface area contributed by atoms with Gasteiger partial charge in [0, 0.05) is 25.2 Å². The Morgan fingerprint density at radius 2 is 1.67 bits per heavy atom. The summed E-state index contributed by atoms with van der Waals surface area (Å²) in [5.74, 6) is 0.465. The molecule has 2 aromatic rings. The number of sulfonamides is 1. The van der Waals surface area contributed by atoms with E-state index in [0.717, 1.165) is 38.5 Å². The Labute approximate surface area is 234 Å². The van der Waals surface area contributed by atoms with Gasteiger partial charge in [0.05, 0.1) is 18.6 Å². The van der Waals surface area contributed by atoms with E-state index in [1.165, 1.54) is 16.9 Å². The summed E-state index contributed by atoms with van der Waals surface area (Å²) in [4.78, 5) is 15.2. The molecule has 0 aliphatic heterocycles. The van der Waals surface area contributed by atoms with Gasteiger partial charge in [-0.15, -0.1) is 0 Å². The highest BCUT2D eigenvalue weighted by Gasteiger charge is 2.37. The summed E-state index contributed by atoms with van der Waals surface area (Å²) in [6.07, 6.45) is 6.07. The molecule has 1 saturated carbocycles. The van der Waals surface area contributed by atoms with Crippen molar-refractivity contribution in [1.29, 1.82) is 0 Å². The summed E-state index contributed by atoms with van der Waals surface area (Å²) in [6, 6.07) is 14.2. The van der Waals surface area contributed by atoms with Crippen LogP contribution in [0, 0.1) is 13.8 Å². The molecule has 0 aromatic heterocycles. The Hall–Kier alpha value is -2.46. The van der Waals surface area contributed by atoms with E-state index >= 15 is 0 Å². The molecule has 1 N–H and O–H groups in total. The van der Waals surface area contributed by atoms with Gasteiger partial charge in [-0.05, 0) is 95.3 Å². The van der Waals surface area contributed by atoms with Gasteiger partial charge < -0.3 is 19.7 Å². The molecule has 2 aromatic carbocycles. The number of rotatable bonds is 13. The number of aryl methyl sites for hydroxylation is 3. The Kier molecular flexibility index (Phi) is 11.0. The second-order valence-electron chi connectivity index (χ2n) is 10.9. The molecule has 0 spiro atoms. The predicted molar refractivity (Wildman–Crippen MR) is 155 cm³/mol. The zero-order chi connectivity index (χ0) is 28.6. The molecule has 1 fully saturated rings. The number of ether oxygens (including phenoxy) is 2. The van der Waals surface area contributed by atoms with Crippen LogP contribution in [0.5, 0.6) is 5.75 Å². The summed E-state index contributed by atoms with van der Waals surface area (Å²) >= 11 is 0. The van der Waals surface area contributed by atoms with E-state index in [4.69, 9.17) is 9.47 Å². The number of carbonyl (C=O) groups excluding carboxylic acids is 1. The first-order chi connectivity index (χ1) is 18.5. The van der Waals surface area contributed by atoms with E-state index in [9.17, 15) is 13.2 Å². The summed E-state index contributed by atoms with van der Waals surface area (Å²) in [5, 5.41) is 3.11. The van der Waals surface area contributed by atoms with Gasteiger partial charge >= 0.3 is 0 Å². The van der Waals surface area contributed by atoms with Crippen molar-refractivity contribution in [3.63, 3.8) is 0 Å². The maximum atomic E-state index is 13.1. The Morgan fingerprint density at radius 1 is 1.05 bits per heavy atom. The minimum atomic E-state index is -3.70. The molecule has 1 aliphatic carbocycles. The van der Waals surface area contributed by atoms with Crippen LogP contribution in [-0.4, -0.2) is 83.1 Å². The molecule has 0 radical (unpaired) electrons. The fraction of sp³-hybridized carbons (Fsp3) is 0.567. The van der Waals surface area contributed by atoms with Crippen molar-refractivity contribution in [2.24, 2.45) is 0 Å². The molecule has 0 bridgehead atoms. The molecule has 0 unspecified atom stereocenters. The number of hydrogen-bond donors (Lipinski definition) is 1. The lowest BCUT2D eigenvalue weighted by Crippen LogP contribution is -2.51. The largest absolute Gasteiger partial charge is 0.497 e. The summed E-state index contributed by atoms with van der Waals surface area (Å²) < 4.78 is 38.3. The normalized spacial score (nSPS) is 19.8. The number of nitrogens with one attached hydrogen (secondary N) is 1. The van der Waals surface area contributed by atoms with Gasteiger partial charge in [0.1, 0.15) is 12.4 Å². The maximum absolute atomic E-state index is 13.1. The van der Waals surface area contributed by atoms with Gasteiger partial charge in [-0.1, -0.05) is 30.3 Å². The van der Waals surface area contributed by atoms with E-state index < -0.39 is 10.0 Å². The van der Waals surface area contributed by atoms with Crippen molar-refractivity contribution < 1.29 is 22.7 Å². The molecule has 0 atom stereocenters. The van der Waals surface area contributed by atoms with Crippen LogP contribution in [0.3, 0.4) is 0 Å². The molecule has 0 heterocycles.